The molecule has 1 saturated carbocycles. The van der Waals surface area contributed by atoms with E-state index >= 15 is 0 Å². The minimum Gasteiger partial charge on any atom is -0.301 e. The van der Waals surface area contributed by atoms with Crippen LogP contribution in [0.1, 0.15) is 39.5 Å². The summed E-state index contributed by atoms with van der Waals surface area (Å²) >= 11 is 0. The predicted octanol–water partition coefficient (Wildman–Crippen LogP) is 2.55. The van der Waals surface area contributed by atoms with Crippen molar-refractivity contribution < 1.29 is 0 Å². The lowest BCUT2D eigenvalue weighted by atomic mass is 10.0. The highest BCUT2D eigenvalue weighted by molar-refractivity contribution is 5.01. The minimum atomic E-state index is 0.263. The molecule has 0 aromatic heterocycles. The van der Waals surface area contributed by atoms with Crippen LogP contribution in [0.2, 0.25) is 0 Å². The van der Waals surface area contributed by atoms with Gasteiger partial charge in [0.1, 0.15) is 0 Å². The lowest BCUT2D eigenvalue weighted by Crippen LogP contribution is -2.34. The highest BCUT2D eigenvalue weighted by Crippen LogP contribution is 2.49. The van der Waals surface area contributed by atoms with Gasteiger partial charge in [-0.15, -0.1) is 0 Å². The van der Waals surface area contributed by atoms with Gasteiger partial charge in [-0.1, -0.05) is 13.8 Å². The molecule has 0 spiro atoms. The number of hydrogen-bond acceptors (Lipinski definition) is 3. The molecule has 0 amide bonds. The summed E-state index contributed by atoms with van der Waals surface area (Å²) < 4.78 is 0. The molecule has 0 unspecified atom stereocenters. The fourth-order valence-electron chi connectivity index (χ4n) is 2.17. The second-order valence-electron chi connectivity index (χ2n) is 5.37. The van der Waals surface area contributed by atoms with Crippen molar-refractivity contribution in [2.75, 3.05) is 19.6 Å². The number of nitriles is 2. The van der Waals surface area contributed by atoms with Crippen LogP contribution >= 0.6 is 0 Å². The number of rotatable bonds is 7. The van der Waals surface area contributed by atoms with E-state index in [4.69, 9.17) is 10.5 Å². The first-order valence-electron chi connectivity index (χ1n) is 6.08. The van der Waals surface area contributed by atoms with Crippen LogP contribution in [0.4, 0.5) is 0 Å². The van der Waals surface area contributed by atoms with Gasteiger partial charge in [0.05, 0.1) is 12.1 Å². The first-order chi connectivity index (χ1) is 7.62. The molecule has 0 aromatic rings. The van der Waals surface area contributed by atoms with Crippen LogP contribution in [0, 0.1) is 34.0 Å². The van der Waals surface area contributed by atoms with Gasteiger partial charge in [0.15, 0.2) is 0 Å². The standard InChI is InChI=1S/C13H21N3/c1-12(2)10-16(9-3-7-14)11-13(4-5-13)6-8-15/h12H,3-6,9-11H2,1-2H3. The Hall–Kier alpha value is -1.06. The van der Waals surface area contributed by atoms with E-state index in [1.807, 2.05) is 0 Å². The Morgan fingerprint density at radius 3 is 2.38 bits per heavy atom. The van der Waals surface area contributed by atoms with Gasteiger partial charge in [-0.05, 0) is 24.2 Å². The monoisotopic (exact) mass is 219 g/mol. The second-order valence-corrected chi connectivity index (χ2v) is 5.37. The molecule has 16 heavy (non-hydrogen) atoms. The van der Waals surface area contributed by atoms with E-state index < -0.39 is 0 Å². The molecule has 3 heteroatoms. The van der Waals surface area contributed by atoms with Gasteiger partial charge in [0, 0.05) is 32.5 Å². The van der Waals surface area contributed by atoms with Crippen molar-refractivity contribution in [3.8, 4) is 12.1 Å². The topological polar surface area (TPSA) is 50.8 Å². The predicted molar refractivity (Wildman–Crippen MR) is 63.4 cm³/mol. The normalized spacial score (nSPS) is 17.1. The molecule has 1 aliphatic carbocycles. The molecule has 1 fully saturated rings. The molecule has 0 bridgehead atoms. The number of nitrogens with zero attached hydrogens (tertiary/aromatic N) is 3. The average Bonchev–Trinajstić information content (AvgIpc) is 2.94. The largest absolute Gasteiger partial charge is 0.301 e. The zero-order chi connectivity index (χ0) is 12.0. The third-order valence-corrected chi connectivity index (χ3v) is 3.13. The van der Waals surface area contributed by atoms with Crippen molar-refractivity contribution in [3.05, 3.63) is 0 Å². The highest BCUT2D eigenvalue weighted by Gasteiger charge is 2.43. The lowest BCUT2D eigenvalue weighted by molar-refractivity contribution is 0.203. The Bertz CT molecular complexity index is 291. The third kappa shape index (κ3) is 4.21. The van der Waals surface area contributed by atoms with Crippen LogP contribution in [0.25, 0.3) is 0 Å². The van der Waals surface area contributed by atoms with Crippen molar-refractivity contribution in [2.45, 2.75) is 39.5 Å². The summed E-state index contributed by atoms with van der Waals surface area (Å²) in [6, 6.07) is 4.50. The molecule has 0 radical (unpaired) electrons. The molecule has 3 nitrogen and oxygen atoms in total. The molecule has 1 rings (SSSR count). The van der Waals surface area contributed by atoms with E-state index in [-0.39, 0.29) is 5.41 Å². The fraction of sp³-hybridized carbons (Fsp3) is 0.846. The maximum Gasteiger partial charge on any atom is 0.0635 e. The molecule has 88 valence electrons. The van der Waals surface area contributed by atoms with Gasteiger partial charge in [0.25, 0.3) is 0 Å². The molecule has 0 saturated heterocycles. The van der Waals surface area contributed by atoms with Crippen LogP contribution in [-0.4, -0.2) is 24.5 Å². The van der Waals surface area contributed by atoms with Gasteiger partial charge in [0.2, 0.25) is 0 Å². The van der Waals surface area contributed by atoms with Crippen LogP contribution in [0.15, 0.2) is 0 Å². The van der Waals surface area contributed by atoms with Crippen LogP contribution < -0.4 is 0 Å². The Morgan fingerprint density at radius 1 is 1.25 bits per heavy atom. The Labute approximate surface area is 98.7 Å². The highest BCUT2D eigenvalue weighted by atomic mass is 15.1. The van der Waals surface area contributed by atoms with Gasteiger partial charge in [-0.3, -0.25) is 0 Å². The van der Waals surface area contributed by atoms with E-state index in [1.165, 1.54) is 12.8 Å². The summed E-state index contributed by atoms with van der Waals surface area (Å²) in [5, 5.41) is 17.4. The van der Waals surface area contributed by atoms with E-state index in [9.17, 15) is 0 Å². The number of hydrogen-bond donors (Lipinski definition) is 0. The lowest BCUT2D eigenvalue weighted by Gasteiger charge is -2.27. The van der Waals surface area contributed by atoms with E-state index in [0.717, 1.165) is 19.6 Å². The SMILES string of the molecule is CC(C)CN(CCC#N)CC1(CC#N)CC1. The summed E-state index contributed by atoms with van der Waals surface area (Å²) in [5.74, 6) is 0.622. The molecule has 0 heterocycles. The zero-order valence-corrected chi connectivity index (χ0v) is 10.4. The molecule has 0 aromatic carbocycles. The Kier molecular flexibility index (Phi) is 4.77. The summed E-state index contributed by atoms with van der Waals surface area (Å²) in [5.41, 5.74) is 0.263. The molecular weight excluding hydrogens is 198 g/mol. The van der Waals surface area contributed by atoms with E-state index in [0.29, 0.717) is 18.8 Å². The van der Waals surface area contributed by atoms with Crippen LogP contribution in [0.5, 0.6) is 0 Å². The molecule has 0 aliphatic heterocycles. The molecule has 0 atom stereocenters. The van der Waals surface area contributed by atoms with Crippen LogP contribution in [0.3, 0.4) is 0 Å². The summed E-state index contributed by atoms with van der Waals surface area (Å²) in [4.78, 5) is 2.36. The van der Waals surface area contributed by atoms with Gasteiger partial charge in [-0.25, -0.2) is 0 Å². The van der Waals surface area contributed by atoms with Gasteiger partial charge in [-0.2, -0.15) is 10.5 Å². The van der Waals surface area contributed by atoms with Crippen molar-refractivity contribution >= 4 is 0 Å². The maximum atomic E-state index is 8.79. The molecule has 1 aliphatic rings. The van der Waals surface area contributed by atoms with Crippen molar-refractivity contribution in [1.82, 2.24) is 4.90 Å². The zero-order valence-electron chi connectivity index (χ0n) is 10.4. The summed E-state index contributed by atoms with van der Waals surface area (Å²) in [6.07, 6.45) is 3.63. The molecule has 0 N–H and O–H groups in total. The summed E-state index contributed by atoms with van der Waals surface area (Å²) in [7, 11) is 0. The molecular formula is C13H21N3. The van der Waals surface area contributed by atoms with Crippen molar-refractivity contribution in [3.63, 3.8) is 0 Å². The first kappa shape index (κ1) is 13.0. The Morgan fingerprint density at radius 2 is 1.94 bits per heavy atom. The first-order valence-corrected chi connectivity index (χ1v) is 6.08. The second kappa shape index (κ2) is 5.87. The fourth-order valence-corrected chi connectivity index (χ4v) is 2.17. The van der Waals surface area contributed by atoms with Crippen molar-refractivity contribution in [2.24, 2.45) is 11.3 Å². The minimum absolute atomic E-state index is 0.263. The average molecular weight is 219 g/mol. The summed E-state index contributed by atoms with van der Waals surface area (Å²) in [6.45, 7) is 7.28. The van der Waals surface area contributed by atoms with E-state index in [1.54, 1.807) is 0 Å². The van der Waals surface area contributed by atoms with E-state index in [2.05, 4.69) is 30.9 Å². The van der Waals surface area contributed by atoms with Gasteiger partial charge >= 0.3 is 0 Å². The van der Waals surface area contributed by atoms with Crippen LogP contribution in [-0.2, 0) is 0 Å². The Balaban J connectivity index is 2.44. The van der Waals surface area contributed by atoms with Crippen molar-refractivity contribution in [1.29, 1.82) is 10.5 Å². The smallest absolute Gasteiger partial charge is 0.0635 e. The third-order valence-electron chi connectivity index (χ3n) is 3.13. The quantitative estimate of drug-likeness (QED) is 0.661. The maximum absolute atomic E-state index is 8.79. The van der Waals surface area contributed by atoms with Gasteiger partial charge < -0.3 is 4.90 Å².